The number of nitrogens with zero attached hydrogens (tertiary/aromatic N) is 3. The summed E-state index contributed by atoms with van der Waals surface area (Å²) in [5.41, 5.74) is 3.05. The number of rotatable bonds is 14. The minimum atomic E-state index is -3.29. The number of alkyl halides is 2. The minimum absolute atomic E-state index is 0.00333. The molecule has 4 aliphatic heterocycles. The highest BCUT2D eigenvalue weighted by molar-refractivity contribution is 6.11. The molecule has 1 aliphatic carbocycles. The zero-order valence-corrected chi connectivity index (χ0v) is 27.7. The van der Waals surface area contributed by atoms with Crippen LogP contribution in [-0.2, 0) is 21.9 Å². The molecule has 5 heterocycles. The van der Waals surface area contributed by atoms with Crippen LogP contribution in [0.2, 0.25) is 0 Å². The van der Waals surface area contributed by atoms with E-state index in [4.69, 9.17) is 19.1 Å². The Morgan fingerprint density at radius 3 is 2.49 bits per heavy atom. The minimum Gasteiger partial charge on any atom is -0.381 e. The maximum Gasteiger partial charge on any atom is 0.302 e. The number of amides is 1. The van der Waals surface area contributed by atoms with E-state index in [-0.39, 0.29) is 47.5 Å². The van der Waals surface area contributed by atoms with Crippen LogP contribution >= 0.6 is 0 Å². The van der Waals surface area contributed by atoms with Gasteiger partial charge in [-0.1, -0.05) is 26.3 Å². The SMILES string of the molecule is C=C(C)C(F)(F)c1cc([C@H](C)NCC2CCC2)cc2c1CN(c1cc([C@H](C3=[N+]=CC3CCC)C3COC3)cc(NC3COC3)n1)C2=O. The number of allylic oxidation sites excluding steroid dienone is 1. The lowest BCUT2D eigenvalue weighted by Crippen LogP contribution is -2.44. The fourth-order valence-corrected chi connectivity index (χ4v) is 7.23. The van der Waals surface area contributed by atoms with E-state index in [9.17, 15) is 4.79 Å². The Morgan fingerprint density at radius 2 is 1.91 bits per heavy atom. The number of ether oxygens (including phenoxy) is 2. The number of pyridine rings is 1. The average Bonchev–Trinajstić information content (AvgIpc) is 3.30. The van der Waals surface area contributed by atoms with Gasteiger partial charge in [0.05, 0.1) is 44.9 Å². The van der Waals surface area contributed by atoms with Crippen molar-refractivity contribution < 1.29 is 23.0 Å². The van der Waals surface area contributed by atoms with Crippen LogP contribution in [0.5, 0.6) is 0 Å². The Hall–Kier alpha value is -3.43. The summed E-state index contributed by atoms with van der Waals surface area (Å²) in [6.07, 6.45) is 7.72. The first-order chi connectivity index (χ1) is 22.6. The Kier molecular flexibility index (Phi) is 8.81. The summed E-state index contributed by atoms with van der Waals surface area (Å²) >= 11 is 0. The molecule has 1 aromatic carbocycles. The van der Waals surface area contributed by atoms with Gasteiger partial charge in [-0.15, -0.1) is 4.67 Å². The van der Waals surface area contributed by atoms with Crippen molar-refractivity contribution in [3.63, 3.8) is 0 Å². The molecule has 2 aromatic rings. The first-order valence-electron chi connectivity index (χ1n) is 17.2. The molecule has 2 saturated heterocycles. The zero-order chi connectivity index (χ0) is 32.9. The molecule has 1 aromatic heterocycles. The Morgan fingerprint density at radius 1 is 1.15 bits per heavy atom. The molecule has 1 unspecified atom stereocenters. The summed E-state index contributed by atoms with van der Waals surface area (Å²) in [4.78, 5) is 20.7. The van der Waals surface area contributed by atoms with Crippen LogP contribution in [0.1, 0.15) is 97.4 Å². The van der Waals surface area contributed by atoms with Crippen molar-refractivity contribution in [1.29, 1.82) is 0 Å². The van der Waals surface area contributed by atoms with Crippen molar-refractivity contribution in [3.8, 4) is 0 Å². The Labute approximate surface area is 275 Å². The molecule has 3 fully saturated rings. The van der Waals surface area contributed by atoms with Gasteiger partial charge < -0.3 is 20.1 Å². The molecule has 0 radical (unpaired) electrons. The second kappa shape index (κ2) is 12.9. The third-order valence-corrected chi connectivity index (χ3v) is 10.7. The van der Waals surface area contributed by atoms with E-state index in [1.165, 1.54) is 26.2 Å². The van der Waals surface area contributed by atoms with E-state index in [0.717, 1.165) is 30.7 Å². The largest absolute Gasteiger partial charge is 0.381 e. The second-order valence-electron chi connectivity index (χ2n) is 14.2. The van der Waals surface area contributed by atoms with Crippen molar-refractivity contribution in [2.24, 2.45) is 17.8 Å². The van der Waals surface area contributed by atoms with E-state index in [0.29, 0.717) is 66.6 Å². The summed E-state index contributed by atoms with van der Waals surface area (Å²) in [6.45, 7) is 12.4. The van der Waals surface area contributed by atoms with Gasteiger partial charge in [-0.25, -0.2) is 4.98 Å². The highest BCUT2D eigenvalue weighted by Gasteiger charge is 2.47. The van der Waals surface area contributed by atoms with Gasteiger partial charge in [0.2, 0.25) is 0 Å². The summed E-state index contributed by atoms with van der Waals surface area (Å²) in [7, 11) is 0. The lowest BCUT2D eigenvalue weighted by Gasteiger charge is -2.34. The van der Waals surface area contributed by atoms with Crippen molar-refractivity contribution in [2.45, 2.75) is 83.3 Å². The van der Waals surface area contributed by atoms with Crippen LogP contribution in [0, 0.1) is 17.8 Å². The average molecular weight is 647 g/mol. The van der Waals surface area contributed by atoms with Gasteiger partial charge in [0.25, 0.3) is 18.0 Å². The molecule has 0 bridgehead atoms. The van der Waals surface area contributed by atoms with Crippen molar-refractivity contribution >= 4 is 29.5 Å². The fraction of sp³-hybridized carbons (Fsp3) is 0.568. The molecular formula is C37H46F2N5O3+. The van der Waals surface area contributed by atoms with Gasteiger partial charge in [0.15, 0.2) is 5.92 Å². The number of carbonyl (C=O) groups is 1. The van der Waals surface area contributed by atoms with E-state index < -0.39 is 5.92 Å². The maximum atomic E-state index is 15.9. The first kappa shape index (κ1) is 32.1. The van der Waals surface area contributed by atoms with Crippen molar-refractivity contribution in [3.05, 3.63) is 64.2 Å². The third-order valence-electron chi connectivity index (χ3n) is 10.7. The van der Waals surface area contributed by atoms with Crippen LogP contribution in [0.15, 0.2) is 36.4 Å². The topological polar surface area (TPSA) is 89.8 Å². The summed E-state index contributed by atoms with van der Waals surface area (Å²) in [5, 5.41) is 7.00. The Bertz CT molecular complexity index is 1620. The second-order valence-corrected chi connectivity index (χ2v) is 14.2. The number of aromatic nitrogens is 1. The van der Waals surface area contributed by atoms with Crippen molar-refractivity contribution in [1.82, 2.24) is 15.0 Å². The lowest BCUT2D eigenvalue weighted by atomic mass is 9.75. The predicted molar refractivity (Wildman–Crippen MR) is 181 cm³/mol. The number of hydrogen-bond acceptors (Lipinski definition) is 6. The first-order valence-corrected chi connectivity index (χ1v) is 17.2. The number of benzene rings is 1. The van der Waals surface area contributed by atoms with E-state index >= 15 is 8.78 Å². The predicted octanol–water partition coefficient (Wildman–Crippen LogP) is 5.91. The molecule has 8 nitrogen and oxygen atoms in total. The maximum absolute atomic E-state index is 15.9. The van der Waals surface area contributed by atoms with E-state index in [1.807, 2.05) is 19.2 Å². The highest BCUT2D eigenvalue weighted by atomic mass is 19.3. The standard InChI is InChI=1S/C37H46F2N5O3/c1-5-7-24-15-41-35(24)34(27-17-46-18-27)26-12-32(42-28-19-47-20-28)43-33(13-26)44-16-30-29(36(44)45)10-25(11-31(30)37(38,39)21(2)3)22(4)40-14-23-8-6-9-23/h10-13,15,22-24,27-28,34,40H,2,5-9,14,16-20H2,1,3-4H3,(H,42,43)/q+1/t22-,24?,34-/m0/s1. The smallest absolute Gasteiger partial charge is 0.302 e. The molecule has 3 atom stereocenters. The monoisotopic (exact) mass is 646 g/mol. The quantitative estimate of drug-likeness (QED) is 0.196. The van der Waals surface area contributed by atoms with Crippen LogP contribution in [0.3, 0.4) is 0 Å². The summed E-state index contributed by atoms with van der Waals surface area (Å²) in [6, 6.07) is 7.30. The number of hydrogen-bond donors (Lipinski definition) is 2. The third kappa shape index (κ3) is 6.06. The number of nitrogens with one attached hydrogen (secondary N) is 2. The molecule has 10 heteroatoms. The van der Waals surface area contributed by atoms with Crippen molar-refractivity contribution in [2.75, 3.05) is 43.2 Å². The fourth-order valence-electron chi connectivity index (χ4n) is 7.23. The summed E-state index contributed by atoms with van der Waals surface area (Å²) < 4.78 is 47.6. The van der Waals surface area contributed by atoms with Crippen LogP contribution in [0.4, 0.5) is 20.4 Å². The van der Waals surface area contributed by atoms with Crippen LogP contribution in [0.25, 0.3) is 0 Å². The molecular weight excluding hydrogens is 600 g/mol. The van der Waals surface area contributed by atoms with Crippen LogP contribution in [-0.4, -0.2) is 61.8 Å². The number of anilines is 2. The molecule has 1 amide bonds. The molecule has 2 N–H and O–H groups in total. The molecule has 1 saturated carbocycles. The highest BCUT2D eigenvalue weighted by Crippen LogP contribution is 2.44. The summed E-state index contributed by atoms with van der Waals surface area (Å²) in [5.74, 6) is -1.34. The van der Waals surface area contributed by atoms with E-state index in [2.05, 4.69) is 30.2 Å². The number of carbonyl (C=O) groups excluding carboxylic acids is 1. The van der Waals surface area contributed by atoms with Gasteiger partial charge in [-0.05, 0) is 92.1 Å². The van der Waals surface area contributed by atoms with Gasteiger partial charge in [-0.3, -0.25) is 9.69 Å². The van der Waals surface area contributed by atoms with Gasteiger partial charge >= 0.3 is 5.71 Å². The lowest BCUT2D eigenvalue weighted by molar-refractivity contribution is -0.0361. The number of halogens is 2. The van der Waals surface area contributed by atoms with E-state index in [1.54, 1.807) is 17.0 Å². The normalized spacial score (nSPS) is 22.5. The molecule has 0 spiro atoms. The zero-order valence-electron chi connectivity index (χ0n) is 27.7. The molecule has 250 valence electrons. The molecule has 47 heavy (non-hydrogen) atoms. The molecule has 5 aliphatic rings. The Balaban J connectivity index is 1.26. The van der Waals surface area contributed by atoms with Gasteiger partial charge in [0.1, 0.15) is 11.6 Å². The molecule has 7 rings (SSSR count). The van der Waals surface area contributed by atoms with Gasteiger partial charge in [0, 0.05) is 23.1 Å². The van der Waals surface area contributed by atoms with Gasteiger partial charge in [-0.2, -0.15) is 8.78 Å². The number of fused-ring (bicyclic) bond motifs is 1. The van der Waals surface area contributed by atoms with Crippen LogP contribution < -0.4 is 20.2 Å².